The fourth-order valence-corrected chi connectivity index (χ4v) is 4.39. The monoisotopic (exact) mass is 445 g/mol. The van der Waals surface area contributed by atoms with Crippen molar-refractivity contribution in [2.45, 2.75) is 33.1 Å². The summed E-state index contributed by atoms with van der Waals surface area (Å²) in [5, 5.41) is 3.14. The lowest BCUT2D eigenvalue weighted by Gasteiger charge is -2.38. The van der Waals surface area contributed by atoms with E-state index >= 15 is 0 Å². The molecule has 32 heavy (non-hydrogen) atoms. The second-order valence-corrected chi connectivity index (χ2v) is 7.89. The Bertz CT molecular complexity index is 982. The standard InChI is InChI=1S/C24H28FNO6/c1-5-31-10-11-32-24(29)19-14(3)26-17-12-13(2)18(23(28)30-4)22(27)21(17)20(19)15-8-6-7-9-16(15)25/h6-9,13,18,20,26H,5,10-12H2,1-4H3/t13-,18+,20-/m0/s1. The van der Waals surface area contributed by atoms with E-state index in [9.17, 15) is 18.8 Å². The number of carbonyl (C=O) groups excluding carboxylic acids is 3. The van der Waals surface area contributed by atoms with E-state index in [1.54, 1.807) is 19.9 Å². The lowest BCUT2D eigenvalue weighted by atomic mass is 9.69. The summed E-state index contributed by atoms with van der Waals surface area (Å²) in [6, 6.07) is 5.99. The maximum Gasteiger partial charge on any atom is 0.336 e. The molecule has 172 valence electrons. The largest absolute Gasteiger partial charge is 0.468 e. The molecule has 3 rings (SSSR count). The van der Waals surface area contributed by atoms with Gasteiger partial charge in [-0.25, -0.2) is 9.18 Å². The van der Waals surface area contributed by atoms with Crippen molar-refractivity contribution in [2.75, 3.05) is 26.9 Å². The van der Waals surface area contributed by atoms with E-state index in [2.05, 4.69) is 5.32 Å². The van der Waals surface area contributed by atoms with Crippen molar-refractivity contribution in [2.24, 2.45) is 11.8 Å². The Balaban J connectivity index is 2.09. The van der Waals surface area contributed by atoms with Crippen LogP contribution >= 0.6 is 0 Å². The Morgan fingerprint density at radius 3 is 2.59 bits per heavy atom. The quantitative estimate of drug-likeness (QED) is 0.392. The van der Waals surface area contributed by atoms with Crippen LogP contribution in [0.15, 0.2) is 46.8 Å². The number of hydrogen-bond acceptors (Lipinski definition) is 7. The van der Waals surface area contributed by atoms with Crippen molar-refractivity contribution in [1.29, 1.82) is 0 Å². The number of nitrogens with one attached hydrogen (secondary N) is 1. The third kappa shape index (κ3) is 4.46. The number of rotatable bonds is 7. The predicted octanol–water partition coefficient (Wildman–Crippen LogP) is 3.02. The highest BCUT2D eigenvalue weighted by atomic mass is 19.1. The molecule has 3 atom stereocenters. The SMILES string of the molecule is CCOCCOC(=O)C1=C(C)NC2=C(C(=O)[C@H](C(=O)OC)[C@@H](C)C2)[C@H]1c1ccccc1F. The number of methoxy groups -OCH3 is 1. The molecule has 1 aliphatic heterocycles. The molecule has 7 nitrogen and oxygen atoms in total. The van der Waals surface area contributed by atoms with Crippen molar-refractivity contribution in [1.82, 2.24) is 5.32 Å². The Morgan fingerprint density at radius 2 is 1.94 bits per heavy atom. The molecule has 2 aliphatic rings. The zero-order valence-electron chi connectivity index (χ0n) is 18.7. The summed E-state index contributed by atoms with van der Waals surface area (Å²) in [7, 11) is 1.23. The van der Waals surface area contributed by atoms with Gasteiger partial charge in [0.25, 0.3) is 0 Å². The van der Waals surface area contributed by atoms with Crippen LogP contribution in [0.2, 0.25) is 0 Å². The van der Waals surface area contributed by atoms with Crippen LogP contribution in [-0.4, -0.2) is 44.7 Å². The maximum absolute atomic E-state index is 14.9. The van der Waals surface area contributed by atoms with Crippen molar-refractivity contribution >= 4 is 17.7 Å². The van der Waals surface area contributed by atoms with E-state index in [1.165, 1.54) is 25.3 Å². The van der Waals surface area contributed by atoms with Crippen LogP contribution in [0.4, 0.5) is 4.39 Å². The van der Waals surface area contributed by atoms with Gasteiger partial charge in [0.05, 0.1) is 25.2 Å². The lowest BCUT2D eigenvalue weighted by Crippen LogP contribution is -2.43. The first-order valence-corrected chi connectivity index (χ1v) is 10.6. The molecule has 0 fully saturated rings. The number of ketones is 1. The van der Waals surface area contributed by atoms with Gasteiger partial charge in [-0.3, -0.25) is 9.59 Å². The van der Waals surface area contributed by atoms with E-state index in [-0.39, 0.29) is 35.8 Å². The van der Waals surface area contributed by atoms with E-state index in [1.807, 2.05) is 6.92 Å². The van der Waals surface area contributed by atoms with Crippen LogP contribution in [0.1, 0.15) is 38.7 Å². The van der Waals surface area contributed by atoms with Crippen LogP contribution in [0.3, 0.4) is 0 Å². The minimum atomic E-state index is -1.02. The number of allylic oxidation sites excluding steroid dienone is 3. The van der Waals surface area contributed by atoms with E-state index < -0.39 is 35.4 Å². The Labute approximate surface area is 186 Å². The van der Waals surface area contributed by atoms with Crippen LogP contribution in [0, 0.1) is 17.7 Å². The number of ether oxygens (including phenoxy) is 3. The molecule has 1 heterocycles. The number of Topliss-reactive ketones (excluding diaryl/α,β-unsaturated/α-hetero) is 1. The van der Waals surface area contributed by atoms with E-state index in [0.29, 0.717) is 24.4 Å². The molecule has 1 aliphatic carbocycles. The van der Waals surface area contributed by atoms with Crippen molar-refractivity contribution in [3.63, 3.8) is 0 Å². The lowest BCUT2D eigenvalue weighted by molar-refractivity contribution is -0.151. The molecule has 0 radical (unpaired) electrons. The normalized spacial score (nSPS) is 22.9. The topological polar surface area (TPSA) is 90.9 Å². The highest BCUT2D eigenvalue weighted by Crippen LogP contribution is 2.45. The Morgan fingerprint density at radius 1 is 1.22 bits per heavy atom. The first-order chi connectivity index (χ1) is 15.3. The summed E-state index contributed by atoms with van der Waals surface area (Å²) in [5.41, 5.74) is 1.57. The van der Waals surface area contributed by atoms with Gasteiger partial charge in [-0.1, -0.05) is 25.1 Å². The number of esters is 2. The molecule has 1 aromatic carbocycles. The van der Waals surface area contributed by atoms with Crippen LogP contribution in [-0.2, 0) is 28.6 Å². The average molecular weight is 445 g/mol. The van der Waals surface area contributed by atoms with Crippen molar-refractivity contribution < 1.29 is 33.0 Å². The minimum Gasteiger partial charge on any atom is -0.468 e. The molecule has 0 aromatic heterocycles. The summed E-state index contributed by atoms with van der Waals surface area (Å²) in [6.07, 6.45) is 0.385. The molecule has 0 amide bonds. The van der Waals surface area contributed by atoms with Gasteiger partial charge in [-0.15, -0.1) is 0 Å². The van der Waals surface area contributed by atoms with E-state index in [0.717, 1.165) is 0 Å². The van der Waals surface area contributed by atoms with Gasteiger partial charge in [0.1, 0.15) is 18.3 Å². The molecule has 1 N–H and O–H groups in total. The predicted molar refractivity (Wildman–Crippen MR) is 114 cm³/mol. The van der Waals surface area contributed by atoms with E-state index in [4.69, 9.17) is 14.2 Å². The maximum atomic E-state index is 14.9. The average Bonchev–Trinajstić information content (AvgIpc) is 2.75. The molecule has 0 saturated heterocycles. The van der Waals surface area contributed by atoms with Crippen LogP contribution in [0.5, 0.6) is 0 Å². The van der Waals surface area contributed by atoms with Crippen LogP contribution in [0.25, 0.3) is 0 Å². The summed E-state index contributed by atoms with van der Waals surface area (Å²) in [6.45, 7) is 6.04. The smallest absolute Gasteiger partial charge is 0.336 e. The number of dihydropyridines is 1. The molecule has 0 spiro atoms. The van der Waals surface area contributed by atoms with Crippen LogP contribution < -0.4 is 5.32 Å². The molecule has 0 unspecified atom stereocenters. The summed E-state index contributed by atoms with van der Waals surface area (Å²) >= 11 is 0. The van der Waals surface area contributed by atoms with Gasteiger partial charge in [0, 0.05) is 29.1 Å². The van der Waals surface area contributed by atoms with Gasteiger partial charge >= 0.3 is 11.9 Å². The second-order valence-electron chi connectivity index (χ2n) is 7.89. The fourth-order valence-electron chi connectivity index (χ4n) is 4.39. The molecular formula is C24H28FNO6. The number of benzene rings is 1. The zero-order chi connectivity index (χ0) is 23.4. The van der Waals surface area contributed by atoms with Crippen molar-refractivity contribution in [3.05, 3.63) is 58.2 Å². The summed E-state index contributed by atoms with van der Waals surface area (Å²) < 4.78 is 30.4. The second kappa shape index (κ2) is 10.1. The Hall–Kier alpha value is -3.00. The fraction of sp³-hybridized carbons (Fsp3) is 0.458. The first-order valence-electron chi connectivity index (χ1n) is 10.6. The van der Waals surface area contributed by atoms with Gasteiger partial charge in [-0.05, 0) is 32.3 Å². The molecule has 0 bridgehead atoms. The Kier molecular flexibility index (Phi) is 7.45. The van der Waals surface area contributed by atoms with Crippen molar-refractivity contribution in [3.8, 4) is 0 Å². The number of carbonyl (C=O) groups is 3. The van der Waals surface area contributed by atoms with Gasteiger partial charge in [-0.2, -0.15) is 0 Å². The molecule has 8 heteroatoms. The summed E-state index contributed by atoms with van der Waals surface area (Å²) in [4.78, 5) is 39.0. The van der Waals surface area contributed by atoms with Gasteiger partial charge < -0.3 is 19.5 Å². The summed E-state index contributed by atoms with van der Waals surface area (Å²) in [5.74, 6) is -4.68. The van der Waals surface area contributed by atoms with Gasteiger partial charge in [0.15, 0.2) is 5.78 Å². The molecular weight excluding hydrogens is 417 g/mol. The third-order valence-electron chi connectivity index (χ3n) is 5.84. The number of halogens is 1. The molecule has 0 saturated carbocycles. The number of hydrogen-bond donors (Lipinski definition) is 1. The van der Waals surface area contributed by atoms with Gasteiger partial charge in [0.2, 0.25) is 0 Å². The third-order valence-corrected chi connectivity index (χ3v) is 5.84. The molecule has 1 aromatic rings. The zero-order valence-corrected chi connectivity index (χ0v) is 18.7. The highest BCUT2D eigenvalue weighted by molar-refractivity contribution is 6.12. The minimum absolute atomic E-state index is 0.0229. The highest BCUT2D eigenvalue weighted by Gasteiger charge is 2.47. The first kappa shape index (κ1) is 23.7.